The second kappa shape index (κ2) is 7.28. The van der Waals surface area contributed by atoms with Crippen molar-refractivity contribution < 1.29 is 4.74 Å². The highest BCUT2D eigenvalue weighted by Gasteiger charge is 2.30. The van der Waals surface area contributed by atoms with Gasteiger partial charge in [-0.2, -0.15) is 0 Å². The van der Waals surface area contributed by atoms with E-state index in [9.17, 15) is 0 Å². The van der Waals surface area contributed by atoms with Gasteiger partial charge in [-0.1, -0.05) is 37.5 Å². The van der Waals surface area contributed by atoms with Crippen LogP contribution in [0.2, 0.25) is 0 Å². The van der Waals surface area contributed by atoms with Crippen molar-refractivity contribution in [1.29, 1.82) is 0 Å². The molecule has 3 rings (SSSR count). The topological polar surface area (TPSA) is 24.5 Å². The Morgan fingerprint density at radius 2 is 2.00 bits per heavy atom. The first-order valence-electron chi connectivity index (χ1n) is 8.45. The minimum atomic E-state index is 0.698. The van der Waals surface area contributed by atoms with Crippen LogP contribution >= 0.6 is 0 Å². The van der Waals surface area contributed by atoms with Gasteiger partial charge in [-0.15, -0.1) is 0 Å². The SMILES string of the molecule is COc1ccccc1CN1CCNCC1C1CCCCC1. The fourth-order valence-electron chi connectivity index (χ4n) is 4.00. The zero-order valence-corrected chi connectivity index (χ0v) is 13.2. The van der Waals surface area contributed by atoms with Gasteiger partial charge < -0.3 is 10.1 Å². The summed E-state index contributed by atoms with van der Waals surface area (Å²) in [5, 5.41) is 3.60. The lowest BCUT2D eigenvalue weighted by atomic mass is 9.82. The fourth-order valence-corrected chi connectivity index (χ4v) is 4.00. The van der Waals surface area contributed by atoms with E-state index in [4.69, 9.17) is 4.74 Å². The van der Waals surface area contributed by atoms with Crippen LogP contribution in [0.3, 0.4) is 0 Å². The highest BCUT2D eigenvalue weighted by Crippen LogP contribution is 2.31. The second-order valence-electron chi connectivity index (χ2n) is 6.45. The van der Waals surface area contributed by atoms with Crippen LogP contribution in [-0.2, 0) is 6.54 Å². The smallest absolute Gasteiger partial charge is 0.123 e. The van der Waals surface area contributed by atoms with Crippen LogP contribution in [0.4, 0.5) is 0 Å². The summed E-state index contributed by atoms with van der Waals surface area (Å²) in [6.45, 7) is 4.43. The maximum Gasteiger partial charge on any atom is 0.123 e. The molecule has 1 aliphatic carbocycles. The van der Waals surface area contributed by atoms with Crippen molar-refractivity contribution in [2.45, 2.75) is 44.7 Å². The van der Waals surface area contributed by atoms with E-state index in [0.717, 1.165) is 37.8 Å². The van der Waals surface area contributed by atoms with Crippen LogP contribution in [0.15, 0.2) is 24.3 Å². The third-order valence-corrected chi connectivity index (χ3v) is 5.16. The Morgan fingerprint density at radius 1 is 1.19 bits per heavy atom. The van der Waals surface area contributed by atoms with Crippen molar-refractivity contribution in [2.24, 2.45) is 5.92 Å². The minimum absolute atomic E-state index is 0.698. The van der Waals surface area contributed by atoms with Crippen molar-refractivity contribution >= 4 is 0 Å². The van der Waals surface area contributed by atoms with Gasteiger partial charge in [0.15, 0.2) is 0 Å². The molecule has 2 aliphatic rings. The van der Waals surface area contributed by atoms with Crippen LogP contribution in [0.25, 0.3) is 0 Å². The van der Waals surface area contributed by atoms with E-state index in [1.54, 1.807) is 7.11 Å². The lowest BCUT2D eigenvalue weighted by Gasteiger charge is -2.42. The van der Waals surface area contributed by atoms with Gasteiger partial charge in [0.05, 0.1) is 7.11 Å². The van der Waals surface area contributed by atoms with E-state index < -0.39 is 0 Å². The van der Waals surface area contributed by atoms with Crippen LogP contribution in [0, 0.1) is 5.92 Å². The summed E-state index contributed by atoms with van der Waals surface area (Å²) in [5.41, 5.74) is 1.32. The number of piperazine rings is 1. The molecule has 1 heterocycles. The molecule has 0 aromatic heterocycles. The van der Waals surface area contributed by atoms with E-state index in [1.165, 1.54) is 37.7 Å². The maximum absolute atomic E-state index is 5.53. The Hall–Kier alpha value is -1.06. The molecule has 2 fully saturated rings. The van der Waals surface area contributed by atoms with Gasteiger partial charge in [-0.3, -0.25) is 4.90 Å². The van der Waals surface area contributed by atoms with E-state index in [0.29, 0.717) is 6.04 Å². The summed E-state index contributed by atoms with van der Waals surface area (Å²) in [4.78, 5) is 2.68. The summed E-state index contributed by atoms with van der Waals surface area (Å²) in [5.74, 6) is 1.90. The van der Waals surface area contributed by atoms with E-state index in [2.05, 4.69) is 34.5 Å². The molecule has 3 heteroatoms. The van der Waals surface area contributed by atoms with Gasteiger partial charge in [0.1, 0.15) is 5.75 Å². The number of nitrogens with one attached hydrogen (secondary N) is 1. The van der Waals surface area contributed by atoms with Crippen molar-refractivity contribution in [3.8, 4) is 5.75 Å². The Kier molecular flexibility index (Phi) is 5.15. The predicted molar refractivity (Wildman–Crippen MR) is 86.6 cm³/mol. The highest BCUT2D eigenvalue weighted by atomic mass is 16.5. The molecule has 1 saturated heterocycles. The summed E-state index contributed by atoms with van der Waals surface area (Å²) in [6.07, 6.45) is 7.10. The average molecular weight is 288 g/mol. The number of nitrogens with zero attached hydrogens (tertiary/aromatic N) is 1. The molecule has 0 radical (unpaired) electrons. The number of ether oxygens (including phenoxy) is 1. The molecular weight excluding hydrogens is 260 g/mol. The lowest BCUT2D eigenvalue weighted by Crippen LogP contribution is -2.54. The Morgan fingerprint density at radius 3 is 2.81 bits per heavy atom. The number of para-hydroxylation sites is 1. The van der Waals surface area contributed by atoms with Gasteiger partial charge in [0.2, 0.25) is 0 Å². The van der Waals surface area contributed by atoms with Crippen molar-refractivity contribution in [2.75, 3.05) is 26.7 Å². The van der Waals surface area contributed by atoms with Crippen molar-refractivity contribution in [3.63, 3.8) is 0 Å². The molecule has 0 spiro atoms. The van der Waals surface area contributed by atoms with E-state index in [-0.39, 0.29) is 0 Å². The molecule has 0 amide bonds. The quantitative estimate of drug-likeness (QED) is 0.921. The normalized spacial score (nSPS) is 24.9. The Labute approximate surface area is 128 Å². The molecule has 1 unspecified atom stereocenters. The number of rotatable bonds is 4. The zero-order chi connectivity index (χ0) is 14.5. The first-order valence-corrected chi connectivity index (χ1v) is 8.45. The van der Waals surface area contributed by atoms with Crippen molar-refractivity contribution in [1.82, 2.24) is 10.2 Å². The Bertz CT molecular complexity index is 443. The fraction of sp³-hybridized carbons (Fsp3) is 0.667. The third-order valence-electron chi connectivity index (χ3n) is 5.16. The molecule has 1 saturated carbocycles. The van der Waals surface area contributed by atoms with Gasteiger partial charge in [0.25, 0.3) is 0 Å². The zero-order valence-electron chi connectivity index (χ0n) is 13.2. The molecule has 116 valence electrons. The van der Waals surface area contributed by atoms with E-state index in [1.807, 2.05) is 0 Å². The molecule has 3 nitrogen and oxygen atoms in total. The largest absolute Gasteiger partial charge is 0.496 e. The van der Waals surface area contributed by atoms with Crippen LogP contribution in [-0.4, -0.2) is 37.7 Å². The Balaban J connectivity index is 1.71. The number of hydrogen-bond acceptors (Lipinski definition) is 3. The lowest BCUT2D eigenvalue weighted by molar-refractivity contribution is 0.0852. The van der Waals surface area contributed by atoms with Gasteiger partial charge in [0, 0.05) is 37.8 Å². The molecule has 1 atom stereocenters. The molecule has 1 aromatic carbocycles. The van der Waals surface area contributed by atoms with Gasteiger partial charge >= 0.3 is 0 Å². The van der Waals surface area contributed by atoms with E-state index >= 15 is 0 Å². The molecule has 1 aliphatic heterocycles. The predicted octanol–water partition coefficient (Wildman–Crippen LogP) is 3.05. The monoisotopic (exact) mass is 288 g/mol. The highest BCUT2D eigenvalue weighted by molar-refractivity contribution is 5.33. The molecule has 1 aromatic rings. The molecule has 0 bridgehead atoms. The summed E-state index contributed by atoms with van der Waals surface area (Å²) >= 11 is 0. The van der Waals surface area contributed by atoms with Crippen molar-refractivity contribution in [3.05, 3.63) is 29.8 Å². The third kappa shape index (κ3) is 3.58. The number of methoxy groups -OCH3 is 1. The summed E-state index contributed by atoms with van der Waals surface area (Å²) < 4.78 is 5.53. The van der Waals surface area contributed by atoms with Crippen LogP contribution < -0.4 is 10.1 Å². The standard InChI is InChI=1S/C18H28N2O/c1-21-18-10-6-5-9-16(18)14-20-12-11-19-13-17(20)15-7-3-2-4-8-15/h5-6,9-10,15,17,19H,2-4,7-8,11-14H2,1H3. The van der Waals surface area contributed by atoms with Crippen LogP contribution in [0.5, 0.6) is 5.75 Å². The molecular formula is C18H28N2O. The first kappa shape index (κ1) is 14.9. The molecule has 1 N–H and O–H groups in total. The second-order valence-corrected chi connectivity index (χ2v) is 6.45. The summed E-state index contributed by atoms with van der Waals surface area (Å²) in [7, 11) is 1.77. The summed E-state index contributed by atoms with van der Waals surface area (Å²) in [6, 6.07) is 9.16. The average Bonchev–Trinajstić information content (AvgIpc) is 2.57. The first-order chi connectivity index (χ1) is 10.4. The number of benzene rings is 1. The number of hydrogen-bond donors (Lipinski definition) is 1. The molecule has 21 heavy (non-hydrogen) atoms. The van der Waals surface area contributed by atoms with Gasteiger partial charge in [-0.25, -0.2) is 0 Å². The maximum atomic E-state index is 5.53. The van der Waals surface area contributed by atoms with Gasteiger partial charge in [-0.05, 0) is 24.8 Å². The minimum Gasteiger partial charge on any atom is -0.496 e. The van der Waals surface area contributed by atoms with Crippen LogP contribution in [0.1, 0.15) is 37.7 Å².